The largest absolute Gasteiger partial charge is 0.497 e. The molecule has 2 heterocycles. The van der Waals surface area contributed by atoms with Crippen molar-refractivity contribution in [2.24, 2.45) is 0 Å². The highest BCUT2D eigenvalue weighted by atomic mass is 19.1. The Balaban J connectivity index is 1.40. The molecule has 0 radical (unpaired) electrons. The third-order valence-corrected chi connectivity index (χ3v) is 6.79. The Morgan fingerprint density at radius 1 is 0.909 bits per heavy atom. The number of benzene rings is 3. The van der Waals surface area contributed by atoms with Gasteiger partial charge in [-0.05, 0) is 67.4 Å². The predicted molar refractivity (Wildman–Crippen MR) is 127 cm³/mol. The van der Waals surface area contributed by atoms with Crippen molar-refractivity contribution < 1.29 is 18.6 Å². The molecule has 172 valence electrons. The molecule has 0 saturated carbocycles. The van der Waals surface area contributed by atoms with Crippen LogP contribution in [0.3, 0.4) is 0 Å². The lowest BCUT2D eigenvalue weighted by Crippen LogP contribution is -2.25. The number of ether oxygens (including phenoxy) is 3. The third-order valence-electron chi connectivity index (χ3n) is 6.79. The Labute approximate surface area is 194 Å². The molecule has 4 nitrogen and oxygen atoms in total. The lowest BCUT2D eigenvalue weighted by atomic mass is 9.76. The van der Waals surface area contributed by atoms with Crippen molar-refractivity contribution >= 4 is 0 Å². The number of fused-ring (bicyclic) bond motifs is 1. The van der Waals surface area contributed by atoms with E-state index in [1.807, 2.05) is 24.3 Å². The maximum atomic E-state index is 13.6. The van der Waals surface area contributed by atoms with Gasteiger partial charge in [0, 0.05) is 30.0 Å². The molecule has 0 aromatic heterocycles. The summed E-state index contributed by atoms with van der Waals surface area (Å²) in [5, 5.41) is 0. The van der Waals surface area contributed by atoms with E-state index in [4.69, 9.17) is 14.2 Å². The molecule has 2 aliphatic rings. The Morgan fingerprint density at radius 2 is 1.61 bits per heavy atom. The lowest BCUT2D eigenvalue weighted by molar-refractivity contribution is 0.237. The number of hydrogen-bond acceptors (Lipinski definition) is 4. The van der Waals surface area contributed by atoms with Crippen LogP contribution in [0.2, 0.25) is 0 Å². The van der Waals surface area contributed by atoms with Crippen LogP contribution in [-0.4, -0.2) is 44.9 Å². The summed E-state index contributed by atoms with van der Waals surface area (Å²) in [7, 11) is 1.66. The second-order valence-corrected chi connectivity index (χ2v) is 8.82. The molecule has 3 aromatic carbocycles. The van der Waals surface area contributed by atoms with Gasteiger partial charge in [0.25, 0.3) is 0 Å². The summed E-state index contributed by atoms with van der Waals surface area (Å²) >= 11 is 0. The van der Waals surface area contributed by atoms with E-state index in [2.05, 4.69) is 35.2 Å². The van der Waals surface area contributed by atoms with Crippen LogP contribution in [-0.2, 0) is 0 Å². The second-order valence-electron chi connectivity index (χ2n) is 8.82. The van der Waals surface area contributed by atoms with Crippen LogP contribution in [0.4, 0.5) is 4.39 Å². The van der Waals surface area contributed by atoms with Gasteiger partial charge >= 0.3 is 0 Å². The maximum Gasteiger partial charge on any atom is 0.126 e. The molecule has 1 fully saturated rings. The van der Waals surface area contributed by atoms with Crippen molar-refractivity contribution in [3.63, 3.8) is 0 Å². The van der Waals surface area contributed by atoms with Gasteiger partial charge < -0.3 is 14.2 Å². The Hall–Kier alpha value is -3.05. The lowest BCUT2D eigenvalue weighted by Gasteiger charge is -2.34. The number of methoxy groups -OCH3 is 1. The van der Waals surface area contributed by atoms with Gasteiger partial charge in [0.15, 0.2) is 0 Å². The van der Waals surface area contributed by atoms with Crippen molar-refractivity contribution in [2.75, 3.05) is 40.0 Å². The van der Waals surface area contributed by atoms with Gasteiger partial charge in [-0.1, -0.05) is 30.3 Å². The van der Waals surface area contributed by atoms with Gasteiger partial charge in [0.05, 0.1) is 13.7 Å². The van der Waals surface area contributed by atoms with E-state index < -0.39 is 0 Å². The quantitative estimate of drug-likeness (QED) is 0.471. The van der Waals surface area contributed by atoms with Gasteiger partial charge in [0.1, 0.15) is 29.7 Å². The summed E-state index contributed by atoms with van der Waals surface area (Å²) in [6.07, 6.45) is 2.59. The van der Waals surface area contributed by atoms with Crippen molar-refractivity contribution in [1.82, 2.24) is 4.90 Å². The number of halogens is 1. The summed E-state index contributed by atoms with van der Waals surface area (Å²) in [5.74, 6) is 2.43. The Bertz CT molecular complexity index is 1060. The normalized spacial score (nSPS) is 20.2. The summed E-state index contributed by atoms with van der Waals surface area (Å²) in [6, 6.07) is 21.2. The summed E-state index contributed by atoms with van der Waals surface area (Å²) < 4.78 is 31.1. The van der Waals surface area contributed by atoms with E-state index in [1.165, 1.54) is 43.6 Å². The van der Waals surface area contributed by atoms with E-state index in [1.54, 1.807) is 7.11 Å². The van der Waals surface area contributed by atoms with Crippen molar-refractivity contribution in [1.29, 1.82) is 0 Å². The van der Waals surface area contributed by atoms with Crippen LogP contribution < -0.4 is 14.2 Å². The zero-order chi connectivity index (χ0) is 22.6. The standard InChI is InChI=1S/C28H30FNO3/c1-31-24-12-13-25-27(18-24)33-19-26(20-4-8-22(29)9-5-20)28(25)21-6-10-23(11-7-21)32-17-16-30-14-2-3-15-30/h4-13,18,26,28H,2-3,14-17,19H2,1H3/t26-,28+/m0/s1. The van der Waals surface area contributed by atoms with Crippen molar-refractivity contribution in [2.45, 2.75) is 24.7 Å². The molecular formula is C28H30FNO3. The summed E-state index contributed by atoms with van der Waals surface area (Å²) in [6.45, 7) is 4.56. The maximum absolute atomic E-state index is 13.6. The molecule has 0 unspecified atom stereocenters. The third kappa shape index (κ3) is 4.83. The van der Waals surface area contributed by atoms with E-state index >= 15 is 0 Å². The van der Waals surface area contributed by atoms with E-state index in [0.717, 1.165) is 34.9 Å². The molecule has 0 bridgehead atoms. The molecule has 5 rings (SSSR count). The highest BCUT2D eigenvalue weighted by Crippen LogP contribution is 2.47. The average Bonchev–Trinajstić information content (AvgIpc) is 3.38. The topological polar surface area (TPSA) is 30.9 Å². The van der Waals surface area contributed by atoms with E-state index in [0.29, 0.717) is 13.2 Å². The zero-order valence-corrected chi connectivity index (χ0v) is 19.0. The number of likely N-dealkylation sites (tertiary alicyclic amines) is 1. The SMILES string of the molecule is COc1ccc2c(c1)OC[C@@H](c1ccc(F)cc1)[C@@H]2c1ccc(OCCN2CCCC2)cc1. The predicted octanol–water partition coefficient (Wildman–Crippen LogP) is 5.62. The van der Waals surface area contributed by atoms with E-state index in [-0.39, 0.29) is 17.7 Å². The van der Waals surface area contributed by atoms with Crippen LogP contribution in [0.5, 0.6) is 17.2 Å². The van der Waals surface area contributed by atoms with Crippen LogP contribution in [0.1, 0.15) is 41.4 Å². The average molecular weight is 448 g/mol. The molecule has 1 saturated heterocycles. The van der Waals surface area contributed by atoms with Gasteiger partial charge in [0.2, 0.25) is 0 Å². The Kier molecular flexibility index (Phi) is 6.49. The first kappa shape index (κ1) is 21.8. The van der Waals surface area contributed by atoms with Gasteiger partial charge in [-0.2, -0.15) is 0 Å². The van der Waals surface area contributed by atoms with Crippen molar-refractivity contribution in [3.05, 3.63) is 89.2 Å². The van der Waals surface area contributed by atoms with Gasteiger partial charge in [-0.15, -0.1) is 0 Å². The molecule has 0 amide bonds. The molecule has 3 aromatic rings. The van der Waals surface area contributed by atoms with Gasteiger partial charge in [-0.3, -0.25) is 4.90 Å². The fraction of sp³-hybridized carbons (Fsp3) is 0.357. The fourth-order valence-corrected chi connectivity index (χ4v) is 5.00. The monoisotopic (exact) mass is 447 g/mol. The highest BCUT2D eigenvalue weighted by Gasteiger charge is 2.33. The number of hydrogen-bond donors (Lipinski definition) is 0. The summed E-state index contributed by atoms with van der Waals surface area (Å²) in [4.78, 5) is 2.45. The second kappa shape index (κ2) is 9.84. The summed E-state index contributed by atoms with van der Waals surface area (Å²) in [5.41, 5.74) is 3.36. The molecule has 33 heavy (non-hydrogen) atoms. The molecule has 2 atom stereocenters. The number of nitrogens with zero attached hydrogens (tertiary/aromatic N) is 1. The smallest absolute Gasteiger partial charge is 0.126 e. The molecule has 0 spiro atoms. The molecule has 0 N–H and O–H groups in total. The van der Waals surface area contributed by atoms with Gasteiger partial charge in [-0.25, -0.2) is 4.39 Å². The number of rotatable bonds is 7. The van der Waals surface area contributed by atoms with Crippen molar-refractivity contribution in [3.8, 4) is 17.2 Å². The molecule has 5 heteroatoms. The van der Waals surface area contributed by atoms with Crippen LogP contribution >= 0.6 is 0 Å². The van der Waals surface area contributed by atoms with Crippen LogP contribution in [0, 0.1) is 5.82 Å². The minimum absolute atomic E-state index is 0.0772. The first-order valence-corrected chi connectivity index (χ1v) is 11.7. The highest BCUT2D eigenvalue weighted by molar-refractivity contribution is 5.51. The fourth-order valence-electron chi connectivity index (χ4n) is 5.00. The van der Waals surface area contributed by atoms with Crippen LogP contribution in [0.25, 0.3) is 0 Å². The minimum Gasteiger partial charge on any atom is -0.497 e. The first-order chi connectivity index (χ1) is 16.2. The molecule has 2 aliphatic heterocycles. The molecular weight excluding hydrogens is 417 g/mol. The molecule has 0 aliphatic carbocycles. The Morgan fingerprint density at radius 3 is 2.33 bits per heavy atom. The van der Waals surface area contributed by atoms with E-state index in [9.17, 15) is 4.39 Å². The van der Waals surface area contributed by atoms with Crippen LogP contribution in [0.15, 0.2) is 66.7 Å². The first-order valence-electron chi connectivity index (χ1n) is 11.7. The zero-order valence-electron chi connectivity index (χ0n) is 19.0. The minimum atomic E-state index is -0.229.